The number of amides is 3. The summed E-state index contributed by atoms with van der Waals surface area (Å²) in [7, 11) is 0. The van der Waals surface area contributed by atoms with Crippen LogP contribution in [0.25, 0.3) is 10.9 Å². The van der Waals surface area contributed by atoms with Gasteiger partial charge < -0.3 is 20.5 Å². The summed E-state index contributed by atoms with van der Waals surface area (Å²) >= 11 is 0. The Morgan fingerprint density at radius 3 is 2.55 bits per heavy atom. The highest BCUT2D eigenvalue weighted by Crippen LogP contribution is 2.21. The number of primary amides is 1. The molecular formula is C23H23FN4O3. The van der Waals surface area contributed by atoms with Crippen LogP contribution in [0.4, 0.5) is 10.1 Å². The summed E-state index contributed by atoms with van der Waals surface area (Å²) in [5.74, 6) is -1.88. The third-order valence-corrected chi connectivity index (χ3v) is 5.61. The van der Waals surface area contributed by atoms with Crippen molar-refractivity contribution in [2.24, 2.45) is 11.7 Å². The molecule has 2 heterocycles. The summed E-state index contributed by atoms with van der Waals surface area (Å²) in [6.45, 7) is 0.824. The quantitative estimate of drug-likeness (QED) is 0.662. The Labute approximate surface area is 178 Å². The molecular weight excluding hydrogens is 399 g/mol. The zero-order valence-corrected chi connectivity index (χ0v) is 16.9. The molecule has 2 aromatic carbocycles. The molecule has 7 nitrogen and oxygen atoms in total. The Morgan fingerprint density at radius 1 is 1.06 bits per heavy atom. The molecule has 0 radical (unpaired) electrons. The molecule has 1 saturated heterocycles. The molecule has 160 valence electrons. The number of nitrogens with two attached hydrogens (primary N) is 1. The first-order valence-electron chi connectivity index (χ1n) is 10.1. The second kappa shape index (κ2) is 8.59. The number of fused-ring (bicyclic) bond motifs is 1. The van der Waals surface area contributed by atoms with Gasteiger partial charge in [-0.2, -0.15) is 0 Å². The molecule has 31 heavy (non-hydrogen) atoms. The third-order valence-electron chi connectivity index (χ3n) is 5.61. The maximum Gasteiger partial charge on any atom is 0.254 e. The van der Waals surface area contributed by atoms with Crippen LogP contribution in [-0.2, 0) is 16.1 Å². The predicted octanol–water partition coefficient (Wildman–Crippen LogP) is 2.76. The first kappa shape index (κ1) is 20.6. The minimum absolute atomic E-state index is 0.0634. The number of hydrogen-bond donors (Lipinski definition) is 2. The fourth-order valence-electron chi connectivity index (χ4n) is 3.97. The van der Waals surface area contributed by atoms with E-state index in [1.807, 2.05) is 36.5 Å². The Hall–Kier alpha value is -3.68. The van der Waals surface area contributed by atoms with E-state index in [1.165, 1.54) is 12.1 Å². The molecule has 0 aliphatic carbocycles. The lowest BCUT2D eigenvalue weighted by Crippen LogP contribution is -2.41. The third kappa shape index (κ3) is 4.58. The van der Waals surface area contributed by atoms with E-state index in [9.17, 15) is 18.8 Å². The van der Waals surface area contributed by atoms with Gasteiger partial charge >= 0.3 is 0 Å². The minimum atomic E-state index is -0.611. The monoisotopic (exact) mass is 422 g/mol. The van der Waals surface area contributed by atoms with Gasteiger partial charge in [-0.3, -0.25) is 14.4 Å². The molecule has 0 spiro atoms. The number of piperidine rings is 1. The number of anilines is 1. The van der Waals surface area contributed by atoms with Gasteiger partial charge in [0.05, 0.1) is 0 Å². The summed E-state index contributed by atoms with van der Waals surface area (Å²) in [6.07, 6.45) is 2.80. The fraction of sp³-hybridized carbons (Fsp3) is 0.261. The Kier molecular flexibility index (Phi) is 5.70. The number of nitrogens with one attached hydrogen (secondary N) is 1. The van der Waals surface area contributed by atoms with Gasteiger partial charge in [0.25, 0.3) is 5.91 Å². The van der Waals surface area contributed by atoms with E-state index in [2.05, 4.69) is 5.32 Å². The van der Waals surface area contributed by atoms with Crippen LogP contribution in [-0.4, -0.2) is 40.3 Å². The van der Waals surface area contributed by atoms with Gasteiger partial charge in [0, 0.05) is 42.0 Å². The van der Waals surface area contributed by atoms with Crippen molar-refractivity contribution < 1.29 is 18.8 Å². The van der Waals surface area contributed by atoms with Crippen molar-refractivity contribution in [1.29, 1.82) is 0 Å². The standard InChI is InChI=1S/C23H23FN4O3/c24-18-11-17(23(31)27-8-6-16(7-9-27)22(25)30)12-19(13-18)26-21(29)14-28-10-5-15-3-1-2-4-20(15)28/h1-5,10-13,16H,6-9,14H2,(H2,25,30)(H,26,29). The Balaban J connectivity index is 1.44. The molecule has 8 heteroatoms. The molecule has 1 fully saturated rings. The molecule has 1 aromatic heterocycles. The predicted molar refractivity (Wildman–Crippen MR) is 115 cm³/mol. The number of nitrogens with zero attached hydrogens (tertiary/aromatic N) is 2. The molecule has 1 aliphatic heterocycles. The van der Waals surface area contributed by atoms with Crippen LogP contribution < -0.4 is 11.1 Å². The molecule has 1 aliphatic rings. The van der Waals surface area contributed by atoms with Crippen molar-refractivity contribution in [2.75, 3.05) is 18.4 Å². The van der Waals surface area contributed by atoms with Crippen molar-refractivity contribution in [3.8, 4) is 0 Å². The van der Waals surface area contributed by atoms with E-state index >= 15 is 0 Å². The maximum absolute atomic E-state index is 14.2. The Morgan fingerprint density at radius 2 is 1.81 bits per heavy atom. The average molecular weight is 422 g/mol. The lowest BCUT2D eigenvalue weighted by Gasteiger charge is -2.30. The fourth-order valence-corrected chi connectivity index (χ4v) is 3.97. The largest absolute Gasteiger partial charge is 0.369 e. The molecule has 3 aromatic rings. The second-order valence-electron chi connectivity index (χ2n) is 7.75. The minimum Gasteiger partial charge on any atom is -0.369 e. The molecule has 0 unspecified atom stereocenters. The molecule has 0 bridgehead atoms. The number of carbonyl (C=O) groups excluding carboxylic acids is 3. The van der Waals surface area contributed by atoms with Gasteiger partial charge in [-0.1, -0.05) is 18.2 Å². The second-order valence-corrected chi connectivity index (χ2v) is 7.75. The number of halogens is 1. The van der Waals surface area contributed by atoms with Gasteiger partial charge in [0.2, 0.25) is 11.8 Å². The first-order chi connectivity index (χ1) is 14.9. The van der Waals surface area contributed by atoms with Crippen LogP contribution in [0.2, 0.25) is 0 Å². The number of hydrogen-bond acceptors (Lipinski definition) is 3. The van der Waals surface area contributed by atoms with Crippen molar-refractivity contribution in [2.45, 2.75) is 19.4 Å². The van der Waals surface area contributed by atoms with E-state index in [-0.39, 0.29) is 41.4 Å². The number of benzene rings is 2. The molecule has 3 N–H and O–H groups in total. The summed E-state index contributed by atoms with van der Waals surface area (Å²) < 4.78 is 16.0. The van der Waals surface area contributed by atoms with Gasteiger partial charge in [0.1, 0.15) is 12.4 Å². The van der Waals surface area contributed by atoms with E-state index in [0.717, 1.165) is 17.0 Å². The summed E-state index contributed by atoms with van der Waals surface area (Å²) in [4.78, 5) is 38.2. The van der Waals surface area contributed by atoms with Gasteiger partial charge in [-0.15, -0.1) is 0 Å². The maximum atomic E-state index is 14.2. The van der Waals surface area contributed by atoms with Gasteiger partial charge in [-0.25, -0.2) is 4.39 Å². The smallest absolute Gasteiger partial charge is 0.254 e. The van der Waals surface area contributed by atoms with Crippen LogP contribution in [0.5, 0.6) is 0 Å². The van der Waals surface area contributed by atoms with Gasteiger partial charge in [-0.05, 0) is 48.6 Å². The average Bonchev–Trinajstić information content (AvgIpc) is 3.15. The van der Waals surface area contributed by atoms with Crippen molar-refractivity contribution in [3.63, 3.8) is 0 Å². The zero-order valence-electron chi connectivity index (χ0n) is 16.9. The van der Waals surface area contributed by atoms with Crippen molar-refractivity contribution in [3.05, 3.63) is 66.1 Å². The topological polar surface area (TPSA) is 97.4 Å². The SMILES string of the molecule is NC(=O)C1CCN(C(=O)c2cc(F)cc(NC(=O)Cn3ccc4ccccc43)c2)CC1. The highest BCUT2D eigenvalue weighted by atomic mass is 19.1. The number of rotatable bonds is 5. The molecule has 0 atom stereocenters. The number of likely N-dealkylation sites (tertiary alicyclic amines) is 1. The van der Waals surface area contributed by atoms with Crippen LogP contribution in [0.1, 0.15) is 23.2 Å². The summed E-state index contributed by atoms with van der Waals surface area (Å²) in [5.41, 5.74) is 6.63. The van der Waals surface area contributed by atoms with Crippen LogP contribution in [0, 0.1) is 11.7 Å². The normalized spacial score (nSPS) is 14.5. The number of para-hydroxylation sites is 1. The van der Waals surface area contributed by atoms with E-state index < -0.39 is 5.82 Å². The summed E-state index contributed by atoms with van der Waals surface area (Å²) in [5, 5.41) is 3.70. The van der Waals surface area contributed by atoms with Crippen LogP contribution in [0.15, 0.2) is 54.7 Å². The molecule has 0 saturated carbocycles. The number of carbonyl (C=O) groups is 3. The van der Waals surface area contributed by atoms with Crippen LogP contribution >= 0.6 is 0 Å². The summed E-state index contributed by atoms with van der Waals surface area (Å²) in [6, 6.07) is 13.4. The number of aromatic nitrogens is 1. The molecule has 3 amide bonds. The zero-order chi connectivity index (χ0) is 22.0. The van der Waals surface area contributed by atoms with E-state index in [4.69, 9.17) is 5.73 Å². The van der Waals surface area contributed by atoms with Crippen molar-refractivity contribution in [1.82, 2.24) is 9.47 Å². The highest BCUT2D eigenvalue weighted by Gasteiger charge is 2.27. The van der Waals surface area contributed by atoms with Crippen molar-refractivity contribution >= 4 is 34.3 Å². The highest BCUT2D eigenvalue weighted by molar-refractivity contribution is 5.97. The lowest BCUT2D eigenvalue weighted by molar-refractivity contribution is -0.123. The lowest BCUT2D eigenvalue weighted by atomic mass is 9.96. The van der Waals surface area contributed by atoms with Crippen LogP contribution in [0.3, 0.4) is 0 Å². The van der Waals surface area contributed by atoms with E-state index in [1.54, 1.807) is 9.47 Å². The molecule has 4 rings (SSSR count). The van der Waals surface area contributed by atoms with Gasteiger partial charge in [0.15, 0.2) is 0 Å². The van der Waals surface area contributed by atoms with E-state index in [0.29, 0.717) is 25.9 Å². The Bertz CT molecular complexity index is 1150. The first-order valence-corrected chi connectivity index (χ1v) is 10.1.